The van der Waals surface area contributed by atoms with Crippen LogP contribution in [0.15, 0.2) is 16.9 Å². The highest BCUT2D eigenvalue weighted by Gasteiger charge is 2.03. The van der Waals surface area contributed by atoms with Gasteiger partial charge in [-0.3, -0.25) is 0 Å². The fraction of sp³-hybridized carbons (Fsp3) is 0.333. The number of rotatable bonds is 4. The van der Waals surface area contributed by atoms with Gasteiger partial charge in [-0.1, -0.05) is 5.16 Å². The van der Waals surface area contributed by atoms with Crippen molar-refractivity contribution < 1.29 is 9.26 Å². The van der Waals surface area contributed by atoms with Crippen molar-refractivity contribution in [1.82, 2.24) is 20.1 Å². The van der Waals surface area contributed by atoms with Crippen molar-refractivity contribution in [3.63, 3.8) is 0 Å². The molecule has 0 unspecified atom stereocenters. The first-order valence-corrected chi connectivity index (χ1v) is 4.67. The van der Waals surface area contributed by atoms with Crippen molar-refractivity contribution in [3.8, 4) is 5.88 Å². The van der Waals surface area contributed by atoms with Crippen LogP contribution in [0, 0.1) is 6.92 Å². The van der Waals surface area contributed by atoms with Crippen LogP contribution < -0.4 is 10.1 Å². The molecule has 0 aliphatic heterocycles. The van der Waals surface area contributed by atoms with Gasteiger partial charge in [-0.05, 0) is 6.92 Å². The normalized spacial score (nSPS) is 10.1. The van der Waals surface area contributed by atoms with Crippen LogP contribution in [0.3, 0.4) is 0 Å². The zero-order valence-corrected chi connectivity index (χ0v) is 8.97. The van der Waals surface area contributed by atoms with Gasteiger partial charge in [0.05, 0.1) is 13.7 Å². The number of aryl methyl sites for hydroxylation is 1. The van der Waals surface area contributed by atoms with Crippen molar-refractivity contribution >= 4 is 5.82 Å². The summed E-state index contributed by atoms with van der Waals surface area (Å²) in [5.74, 6) is 2.26. The Labute approximate surface area is 91.9 Å². The summed E-state index contributed by atoms with van der Waals surface area (Å²) in [6.45, 7) is 2.18. The highest BCUT2D eigenvalue weighted by Crippen LogP contribution is 2.10. The lowest BCUT2D eigenvalue weighted by atomic mass is 10.5. The molecule has 7 nitrogen and oxygen atoms in total. The molecule has 0 saturated heterocycles. The first-order chi connectivity index (χ1) is 7.78. The van der Waals surface area contributed by atoms with Crippen LogP contribution in [-0.4, -0.2) is 27.2 Å². The molecular formula is C9H11N5O2. The number of hydrogen-bond acceptors (Lipinski definition) is 7. The molecule has 0 bridgehead atoms. The SMILES string of the molecule is COc1cc(NCc2nc(C)no2)ncn1. The third kappa shape index (κ3) is 2.44. The minimum atomic E-state index is 0.418. The zero-order valence-electron chi connectivity index (χ0n) is 8.97. The highest BCUT2D eigenvalue weighted by atomic mass is 16.5. The molecule has 0 aromatic carbocycles. The third-order valence-corrected chi connectivity index (χ3v) is 1.84. The second-order valence-electron chi connectivity index (χ2n) is 3.03. The topological polar surface area (TPSA) is 86.0 Å². The molecule has 0 fully saturated rings. The molecule has 7 heteroatoms. The van der Waals surface area contributed by atoms with Gasteiger partial charge in [-0.15, -0.1) is 0 Å². The van der Waals surface area contributed by atoms with E-state index in [1.807, 2.05) is 0 Å². The monoisotopic (exact) mass is 221 g/mol. The van der Waals surface area contributed by atoms with Gasteiger partial charge >= 0.3 is 0 Å². The van der Waals surface area contributed by atoms with E-state index in [9.17, 15) is 0 Å². The Morgan fingerprint density at radius 3 is 3.00 bits per heavy atom. The lowest BCUT2D eigenvalue weighted by Crippen LogP contribution is -2.02. The molecule has 1 N–H and O–H groups in total. The molecule has 2 aromatic heterocycles. The van der Waals surface area contributed by atoms with E-state index < -0.39 is 0 Å². The molecular weight excluding hydrogens is 210 g/mol. The molecule has 0 aliphatic carbocycles. The molecule has 2 aromatic rings. The van der Waals surface area contributed by atoms with Gasteiger partial charge in [0.1, 0.15) is 12.1 Å². The largest absolute Gasteiger partial charge is 0.481 e. The fourth-order valence-corrected chi connectivity index (χ4v) is 1.13. The van der Waals surface area contributed by atoms with Crippen LogP contribution in [0.4, 0.5) is 5.82 Å². The smallest absolute Gasteiger partial charge is 0.245 e. The molecule has 84 valence electrons. The van der Waals surface area contributed by atoms with E-state index in [0.29, 0.717) is 30.0 Å². The van der Waals surface area contributed by atoms with E-state index in [-0.39, 0.29) is 0 Å². The summed E-state index contributed by atoms with van der Waals surface area (Å²) in [5.41, 5.74) is 0. The molecule has 2 rings (SSSR count). The number of aromatic nitrogens is 4. The maximum absolute atomic E-state index is 4.97. The van der Waals surface area contributed by atoms with Crippen LogP contribution in [0.2, 0.25) is 0 Å². The van der Waals surface area contributed by atoms with Gasteiger partial charge in [-0.25, -0.2) is 9.97 Å². The van der Waals surface area contributed by atoms with Crippen molar-refractivity contribution in [3.05, 3.63) is 24.1 Å². The first-order valence-electron chi connectivity index (χ1n) is 4.67. The van der Waals surface area contributed by atoms with Gasteiger partial charge in [0, 0.05) is 6.07 Å². The molecule has 0 spiro atoms. The number of anilines is 1. The average molecular weight is 221 g/mol. The van der Waals surface area contributed by atoms with E-state index in [2.05, 4.69) is 25.4 Å². The number of nitrogens with one attached hydrogen (secondary N) is 1. The van der Waals surface area contributed by atoms with E-state index in [1.54, 1.807) is 20.1 Å². The van der Waals surface area contributed by atoms with Crippen LogP contribution >= 0.6 is 0 Å². The number of nitrogens with zero attached hydrogens (tertiary/aromatic N) is 4. The quantitative estimate of drug-likeness (QED) is 0.816. The minimum absolute atomic E-state index is 0.418. The first kappa shape index (κ1) is 10.3. The summed E-state index contributed by atoms with van der Waals surface area (Å²) in [6, 6.07) is 1.68. The van der Waals surface area contributed by atoms with Gasteiger partial charge in [-0.2, -0.15) is 4.98 Å². The Balaban J connectivity index is 1.99. The second kappa shape index (κ2) is 4.56. The molecule has 0 saturated carbocycles. The number of hydrogen-bond donors (Lipinski definition) is 1. The molecule has 16 heavy (non-hydrogen) atoms. The third-order valence-electron chi connectivity index (χ3n) is 1.84. The summed E-state index contributed by atoms with van der Waals surface area (Å²) in [4.78, 5) is 12.0. The summed E-state index contributed by atoms with van der Waals surface area (Å²) in [7, 11) is 1.55. The van der Waals surface area contributed by atoms with E-state index in [1.165, 1.54) is 6.33 Å². The summed E-state index contributed by atoms with van der Waals surface area (Å²) in [5, 5.41) is 6.70. The second-order valence-corrected chi connectivity index (χ2v) is 3.03. The lowest BCUT2D eigenvalue weighted by molar-refractivity contribution is 0.379. The average Bonchev–Trinajstić information content (AvgIpc) is 2.73. The Bertz CT molecular complexity index is 470. The minimum Gasteiger partial charge on any atom is -0.481 e. The van der Waals surface area contributed by atoms with Crippen LogP contribution in [0.25, 0.3) is 0 Å². The van der Waals surface area contributed by atoms with E-state index in [0.717, 1.165) is 0 Å². The Hall–Kier alpha value is -2.18. The maximum Gasteiger partial charge on any atom is 0.245 e. The predicted octanol–water partition coefficient (Wildman–Crippen LogP) is 0.789. The summed E-state index contributed by atoms with van der Waals surface area (Å²) >= 11 is 0. The van der Waals surface area contributed by atoms with Crippen molar-refractivity contribution in [2.24, 2.45) is 0 Å². The molecule has 2 heterocycles. The van der Waals surface area contributed by atoms with E-state index >= 15 is 0 Å². The van der Waals surface area contributed by atoms with Crippen LogP contribution in [0.5, 0.6) is 5.88 Å². The van der Waals surface area contributed by atoms with Gasteiger partial charge < -0.3 is 14.6 Å². The summed E-state index contributed by atoms with van der Waals surface area (Å²) < 4.78 is 9.91. The molecule has 0 radical (unpaired) electrons. The van der Waals surface area contributed by atoms with Crippen molar-refractivity contribution in [2.75, 3.05) is 12.4 Å². The Morgan fingerprint density at radius 2 is 2.31 bits per heavy atom. The molecule has 0 atom stereocenters. The fourth-order valence-electron chi connectivity index (χ4n) is 1.13. The van der Waals surface area contributed by atoms with Gasteiger partial charge in [0.15, 0.2) is 5.82 Å². The van der Waals surface area contributed by atoms with Crippen molar-refractivity contribution in [2.45, 2.75) is 13.5 Å². The van der Waals surface area contributed by atoms with Gasteiger partial charge in [0.2, 0.25) is 11.8 Å². The van der Waals surface area contributed by atoms with Gasteiger partial charge in [0.25, 0.3) is 0 Å². The Morgan fingerprint density at radius 1 is 1.44 bits per heavy atom. The predicted molar refractivity (Wildman–Crippen MR) is 54.9 cm³/mol. The Kier molecular flexibility index (Phi) is 2.95. The maximum atomic E-state index is 4.97. The highest BCUT2D eigenvalue weighted by molar-refractivity contribution is 5.36. The standard InChI is InChI=1S/C9H11N5O2/c1-6-13-9(16-14-6)4-10-7-3-8(15-2)12-5-11-7/h3,5H,4H2,1-2H3,(H,10,11,12). The summed E-state index contributed by atoms with van der Waals surface area (Å²) in [6.07, 6.45) is 1.42. The molecule has 0 amide bonds. The van der Waals surface area contributed by atoms with E-state index in [4.69, 9.17) is 9.26 Å². The lowest BCUT2D eigenvalue weighted by Gasteiger charge is -2.03. The molecule has 0 aliphatic rings. The zero-order chi connectivity index (χ0) is 11.4. The van der Waals surface area contributed by atoms with Crippen LogP contribution in [-0.2, 0) is 6.54 Å². The number of methoxy groups -OCH3 is 1. The number of ether oxygens (including phenoxy) is 1. The van der Waals surface area contributed by atoms with Crippen molar-refractivity contribution in [1.29, 1.82) is 0 Å². The van der Waals surface area contributed by atoms with Crippen LogP contribution in [0.1, 0.15) is 11.7 Å².